The summed E-state index contributed by atoms with van der Waals surface area (Å²) in [5, 5.41) is 7.97. The van der Waals surface area contributed by atoms with Crippen LogP contribution in [0, 0.1) is 0 Å². The highest BCUT2D eigenvalue weighted by Crippen LogP contribution is 2.30. The number of thiophene rings is 1. The molecule has 1 aliphatic rings. The van der Waals surface area contributed by atoms with Gasteiger partial charge in [-0.1, -0.05) is 38.1 Å². The molecule has 5 rings (SSSR count). The predicted octanol–water partition coefficient (Wildman–Crippen LogP) is 5.76. The molecule has 1 atom stereocenters. The Morgan fingerprint density at radius 3 is 2.78 bits per heavy atom. The second kappa shape index (κ2) is 10.9. The van der Waals surface area contributed by atoms with Gasteiger partial charge in [0, 0.05) is 41.5 Å². The van der Waals surface area contributed by atoms with Crippen LogP contribution in [0.5, 0.6) is 0 Å². The van der Waals surface area contributed by atoms with Crippen LogP contribution in [0.15, 0.2) is 47.2 Å². The van der Waals surface area contributed by atoms with Crippen molar-refractivity contribution in [3.05, 3.63) is 64.0 Å². The van der Waals surface area contributed by atoms with E-state index in [9.17, 15) is 9.59 Å². The van der Waals surface area contributed by atoms with Gasteiger partial charge in [-0.2, -0.15) is 0 Å². The lowest BCUT2D eigenvalue weighted by Crippen LogP contribution is -2.35. The van der Waals surface area contributed by atoms with E-state index in [1.807, 2.05) is 54.1 Å². The summed E-state index contributed by atoms with van der Waals surface area (Å²) >= 11 is 2.95. The van der Waals surface area contributed by atoms with E-state index in [2.05, 4.69) is 22.1 Å². The average Bonchev–Trinajstić information content (AvgIpc) is 3.58. The van der Waals surface area contributed by atoms with Gasteiger partial charge in [-0.3, -0.25) is 20.0 Å². The normalized spacial score (nSPS) is 14.4. The van der Waals surface area contributed by atoms with E-state index in [1.165, 1.54) is 11.3 Å². The highest BCUT2D eigenvalue weighted by atomic mass is 32.1. The van der Waals surface area contributed by atoms with Gasteiger partial charge in [0.1, 0.15) is 0 Å². The number of esters is 1. The Labute approximate surface area is 218 Å². The molecule has 36 heavy (non-hydrogen) atoms. The monoisotopic (exact) mass is 520 g/mol. The third kappa shape index (κ3) is 5.04. The van der Waals surface area contributed by atoms with Crippen LogP contribution in [-0.4, -0.2) is 45.9 Å². The number of hydrogen-bond donors (Lipinski definition) is 1. The van der Waals surface area contributed by atoms with Gasteiger partial charge in [-0.05, 0) is 36.9 Å². The molecular weight excluding hydrogens is 492 g/mol. The van der Waals surface area contributed by atoms with Gasteiger partial charge in [0.15, 0.2) is 11.2 Å². The molecule has 0 radical (unpaired) electrons. The number of carbonyl (C=O) groups excluding carboxylic acids is 2. The summed E-state index contributed by atoms with van der Waals surface area (Å²) in [6.07, 6.45) is 1.26. The maximum absolute atomic E-state index is 13.6. The van der Waals surface area contributed by atoms with Gasteiger partial charge < -0.3 is 4.74 Å². The van der Waals surface area contributed by atoms with Crippen molar-refractivity contribution < 1.29 is 14.3 Å². The number of amides is 1. The lowest BCUT2D eigenvalue weighted by atomic mass is 9.95. The number of para-hydroxylation sites is 1. The van der Waals surface area contributed by atoms with Crippen LogP contribution in [0.1, 0.15) is 48.3 Å². The number of pyridine rings is 1. The maximum Gasteiger partial charge on any atom is 0.340 e. The highest BCUT2D eigenvalue weighted by Gasteiger charge is 2.29. The van der Waals surface area contributed by atoms with Gasteiger partial charge in [-0.25, -0.2) is 9.78 Å². The van der Waals surface area contributed by atoms with Crippen LogP contribution in [-0.2, 0) is 22.5 Å². The lowest BCUT2D eigenvalue weighted by molar-refractivity contribution is -0.124. The fourth-order valence-electron chi connectivity index (χ4n) is 4.55. The number of nitrogens with zero attached hydrogens (tertiary/aromatic N) is 3. The third-order valence-electron chi connectivity index (χ3n) is 6.29. The van der Waals surface area contributed by atoms with Gasteiger partial charge in [0.2, 0.25) is 0 Å². The number of ether oxygens (including phenoxy) is 1. The van der Waals surface area contributed by atoms with Gasteiger partial charge >= 0.3 is 5.97 Å². The van der Waals surface area contributed by atoms with Crippen molar-refractivity contribution in [2.75, 3.05) is 18.4 Å². The zero-order valence-corrected chi connectivity index (χ0v) is 22.0. The molecule has 4 heterocycles. The van der Waals surface area contributed by atoms with Crippen molar-refractivity contribution in [2.24, 2.45) is 0 Å². The van der Waals surface area contributed by atoms with Gasteiger partial charge in [0.25, 0.3) is 5.91 Å². The lowest BCUT2D eigenvalue weighted by Gasteiger charge is -2.29. The molecule has 1 amide bonds. The number of nitrogens with one attached hydrogen (secondary N) is 1. The molecule has 0 spiro atoms. The van der Waals surface area contributed by atoms with Crippen LogP contribution >= 0.6 is 22.7 Å². The fraction of sp³-hybridized carbons (Fsp3) is 0.333. The molecule has 9 heteroatoms. The second-order valence-corrected chi connectivity index (χ2v) is 10.6. The molecule has 1 aromatic carbocycles. The molecule has 0 saturated carbocycles. The quantitative estimate of drug-likeness (QED) is 0.297. The largest absolute Gasteiger partial charge is 0.449 e. The summed E-state index contributed by atoms with van der Waals surface area (Å²) in [6, 6.07) is 11.6. The van der Waals surface area contributed by atoms with E-state index in [0.29, 0.717) is 23.7 Å². The Morgan fingerprint density at radius 1 is 1.14 bits per heavy atom. The summed E-state index contributed by atoms with van der Waals surface area (Å²) in [6.45, 7) is 6.52. The summed E-state index contributed by atoms with van der Waals surface area (Å²) in [5.41, 5.74) is 3.97. The molecule has 0 bridgehead atoms. The number of rotatable bonds is 8. The number of aromatic nitrogens is 2. The van der Waals surface area contributed by atoms with E-state index in [-0.39, 0.29) is 5.91 Å². The van der Waals surface area contributed by atoms with E-state index >= 15 is 0 Å². The molecule has 7 nitrogen and oxygen atoms in total. The van der Waals surface area contributed by atoms with Crippen LogP contribution in [0.4, 0.5) is 5.13 Å². The first-order chi connectivity index (χ1) is 17.6. The smallest absolute Gasteiger partial charge is 0.340 e. The SMILES string of the molecule is CCCN1CCc2nc3ccccc3c(C(=O)OC(CC)C(=O)Nc3nc(-c4cccs4)cs3)c2C1. The summed E-state index contributed by atoms with van der Waals surface area (Å²) in [7, 11) is 0. The van der Waals surface area contributed by atoms with E-state index in [0.717, 1.165) is 58.7 Å². The maximum atomic E-state index is 13.6. The number of carbonyl (C=O) groups is 2. The zero-order valence-electron chi connectivity index (χ0n) is 20.3. The van der Waals surface area contributed by atoms with Crippen molar-refractivity contribution in [3.63, 3.8) is 0 Å². The molecule has 1 aliphatic heterocycles. The first-order valence-corrected chi connectivity index (χ1v) is 14.0. The van der Waals surface area contributed by atoms with Crippen molar-refractivity contribution >= 4 is 50.6 Å². The van der Waals surface area contributed by atoms with Crippen LogP contribution in [0.2, 0.25) is 0 Å². The van der Waals surface area contributed by atoms with Crippen LogP contribution in [0.3, 0.4) is 0 Å². The number of benzene rings is 1. The van der Waals surface area contributed by atoms with E-state index < -0.39 is 12.1 Å². The molecule has 1 N–H and O–H groups in total. The first kappa shape index (κ1) is 24.5. The Bertz CT molecular complexity index is 1380. The summed E-state index contributed by atoms with van der Waals surface area (Å²) in [5.74, 6) is -0.860. The molecule has 186 valence electrons. The van der Waals surface area contributed by atoms with Crippen LogP contribution < -0.4 is 5.32 Å². The van der Waals surface area contributed by atoms with E-state index in [4.69, 9.17) is 9.72 Å². The minimum absolute atomic E-state index is 0.355. The zero-order chi connectivity index (χ0) is 25.1. The van der Waals surface area contributed by atoms with Crippen molar-refractivity contribution in [1.82, 2.24) is 14.9 Å². The van der Waals surface area contributed by atoms with E-state index in [1.54, 1.807) is 11.3 Å². The highest BCUT2D eigenvalue weighted by molar-refractivity contribution is 7.16. The standard InChI is InChI=1S/C27H28N4O3S2/c1-3-12-31-13-11-20-18(15-31)24(17-8-5-6-9-19(17)28-20)26(33)34-22(4-2)25(32)30-27-29-21(16-36-27)23-10-7-14-35-23/h5-10,14,16,22H,3-4,11-13,15H2,1-2H3,(H,29,30,32). The van der Waals surface area contributed by atoms with Gasteiger partial charge in [-0.15, -0.1) is 22.7 Å². The van der Waals surface area contributed by atoms with Crippen molar-refractivity contribution in [2.45, 2.75) is 45.8 Å². The first-order valence-electron chi connectivity index (χ1n) is 12.2. The Kier molecular flexibility index (Phi) is 7.41. The van der Waals surface area contributed by atoms with Crippen molar-refractivity contribution in [3.8, 4) is 10.6 Å². The molecule has 0 fully saturated rings. The molecule has 4 aromatic rings. The Balaban J connectivity index is 1.39. The molecule has 0 saturated heterocycles. The third-order valence-corrected chi connectivity index (χ3v) is 7.94. The minimum atomic E-state index is -0.926. The fourth-order valence-corrected chi connectivity index (χ4v) is 6.03. The average molecular weight is 521 g/mol. The number of hydrogen-bond acceptors (Lipinski definition) is 8. The number of fused-ring (bicyclic) bond motifs is 2. The Hall–Kier alpha value is -3.14. The summed E-state index contributed by atoms with van der Waals surface area (Å²) in [4.78, 5) is 39.4. The molecule has 3 aromatic heterocycles. The second-order valence-electron chi connectivity index (χ2n) is 8.76. The van der Waals surface area contributed by atoms with Gasteiger partial charge in [0.05, 0.1) is 21.7 Å². The van der Waals surface area contributed by atoms with Crippen molar-refractivity contribution in [1.29, 1.82) is 0 Å². The minimum Gasteiger partial charge on any atom is -0.449 e. The predicted molar refractivity (Wildman–Crippen MR) is 145 cm³/mol. The topological polar surface area (TPSA) is 84.4 Å². The molecular formula is C27H28N4O3S2. The van der Waals surface area contributed by atoms with Crippen LogP contribution in [0.25, 0.3) is 21.5 Å². The number of thiazole rings is 1. The molecule has 1 unspecified atom stereocenters. The Morgan fingerprint density at radius 2 is 2.00 bits per heavy atom. The summed E-state index contributed by atoms with van der Waals surface area (Å²) < 4.78 is 5.85. The molecule has 0 aliphatic carbocycles. The number of anilines is 1.